The number of hydrogen-bond acceptors (Lipinski definition) is 3. The van der Waals surface area contributed by atoms with Crippen LogP contribution in [0.5, 0.6) is 0 Å². The topological polar surface area (TPSA) is 82.5 Å². The first-order valence-corrected chi connectivity index (χ1v) is 7.20. The average molecular weight is 291 g/mol. The molecular formula is C15H21N3O3. The molecule has 1 fully saturated rings. The molecule has 0 saturated carbocycles. The number of aromatic nitrogens is 1. The second-order valence-electron chi connectivity index (χ2n) is 5.49. The average Bonchev–Trinajstić information content (AvgIpc) is 2.46. The highest BCUT2D eigenvalue weighted by Crippen LogP contribution is 2.20. The first-order valence-electron chi connectivity index (χ1n) is 7.20. The van der Waals surface area contributed by atoms with E-state index in [-0.39, 0.29) is 18.4 Å². The standard InChI is InChI=1S/C15H21N3O3/c1-11-9-16-5-2-13(11)10-17-15(21)18-6-3-12(4-7-18)8-14(19)20/h2,5,9,12H,3-4,6-8,10H2,1H3,(H,17,21)(H,19,20). The van der Waals surface area contributed by atoms with Crippen molar-refractivity contribution in [1.29, 1.82) is 0 Å². The van der Waals surface area contributed by atoms with E-state index in [1.54, 1.807) is 17.3 Å². The van der Waals surface area contributed by atoms with E-state index in [1.165, 1.54) is 0 Å². The Morgan fingerprint density at radius 1 is 1.43 bits per heavy atom. The summed E-state index contributed by atoms with van der Waals surface area (Å²) in [4.78, 5) is 28.6. The number of piperidine rings is 1. The van der Waals surface area contributed by atoms with Gasteiger partial charge in [-0.15, -0.1) is 0 Å². The maximum atomic E-state index is 12.1. The SMILES string of the molecule is Cc1cnccc1CNC(=O)N1CCC(CC(=O)O)CC1. The highest BCUT2D eigenvalue weighted by molar-refractivity contribution is 5.74. The van der Waals surface area contributed by atoms with Gasteiger partial charge in [-0.1, -0.05) is 0 Å². The number of carboxylic acids is 1. The lowest BCUT2D eigenvalue weighted by atomic mass is 9.94. The smallest absolute Gasteiger partial charge is 0.317 e. The van der Waals surface area contributed by atoms with Crippen LogP contribution in [0.4, 0.5) is 4.79 Å². The van der Waals surface area contributed by atoms with Gasteiger partial charge in [-0.3, -0.25) is 9.78 Å². The normalized spacial score (nSPS) is 15.8. The molecule has 0 aliphatic carbocycles. The number of nitrogens with zero attached hydrogens (tertiary/aromatic N) is 2. The summed E-state index contributed by atoms with van der Waals surface area (Å²) in [6.45, 7) is 3.70. The molecule has 0 atom stereocenters. The van der Waals surface area contributed by atoms with Crippen LogP contribution < -0.4 is 5.32 Å². The van der Waals surface area contributed by atoms with Crippen LogP contribution in [0.2, 0.25) is 0 Å². The summed E-state index contributed by atoms with van der Waals surface area (Å²) in [6, 6.07) is 1.81. The van der Waals surface area contributed by atoms with Crippen molar-refractivity contribution in [3.8, 4) is 0 Å². The van der Waals surface area contributed by atoms with Gasteiger partial charge in [0.15, 0.2) is 0 Å². The second-order valence-corrected chi connectivity index (χ2v) is 5.49. The number of pyridine rings is 1. The summed E-state index contributed by atoms with van der Waals surface area (Å²) in [5.41, 5.74) is 2.11. The Morgan fingerprint density at radius 3 is 2.76 bits per heavy atom. The number of carbonyl (C=O) groups is 2. The molecule has 2 rings (SSSR count). The highest BCUT2D eigenvalue weighted by Gasteiger charge is 2.24. The molecule has 1 aromatic rings. The molecule has 0 bridgehead atoms. The molecular weight excluding hydrogens is 270 g/mol. The number of carboxylic acid groups (broad SMARTS) is 1. The van der Waals surface area contributed by atoms with Crippen LogP contribution in [0, 0.1) is 12.8 Å². The zero-order valence-corrected chi connectivity index (χ0v) is 12.2. The Balaban J connectivity index is 1.77. The lowest BCUT2D eigenvalue weighted by molar-refractivity contribution is -0.138. The van der Waals surface area contributed by atoms with Gasteiger partial charge in [0.25, 0.3) is 0 Å². The molecule has 1 aliphatic rings. The number of hydrogen-bond donors (Lipinski definition) is 2. The number of urea groups is 1. The summed E-state index contributed by atoms with van der Waals surface area (Å²) in [5.74, 6) is -0.569. The molecule has 0 aromatic carbocycles. The fraction of sp³-hybridized carbons (Fsp3) is 0.533. The van der Waals surface area contributed by atoms with E-state index in [9.17, 15) is 9.59 Å². The molecule has 1 aliphatic heterocycles. The van der Waals surface area contributed by atoms with E-state index >= 15 is 0 Å². The minimum atomic E-state index is -0.758. The molecule has 1 saturated heterocycles. The minimum absolute atomic E-state index is 0.0833. The third-order valence-corrected chi connectivity index (χ3v) is 3.93. The molecule has 0 radical (unpaired) electrons. The van der Waals surface area contributed by atoms with Gasteiger partial charge in [0, 0.05) is 38.4 Å². The van der Waals surface area contributed by atoms with Crippen LogP contribution in [-0.4, -0.2) is 40.1 Å². The highest BCUT2D eigenvalue weighted by atomic mass is 16.4. The summed E-state index contributed by atoms with van der Waals surface area (Å²) in [5, 5.41) is 11.7. The van der Waals surface area contributed by atoms with Gasteiger partial charge in [0.1, 0.15) is 0 Å². The summed E-state index contributed by atoms with van der Waals surface area (Å²) < 4.78 is 0. The van der Waals surface area contributed by atoms with E-state index in [2.05, 4.69) is 10.3 Å². The number of nitrogens with one attached hydrogen (secondary N) is 1. The number of amides is 2. The molecule has 0 unspecified atom stereocenters. The van der Waals surface area contributed by atoms with Crippen molar-refractivity contribution >= 4 is 12.0 Å². The Bertz CT molecular complexity index is 511. The van der Waals surface area contributed by atoms with Crippen molar-refractivity contribution in [2.45, 2.75) is 32.7 Å². The van der Waals surface area contributed by atoms with Gasteiger partial charge >= 0.3 is 12.0 Å². The Labute approximate surface area is 124 Å². The first kappa shape index (κ1) is 15.3. The van der Waals surface area contributed by atoms with Crippen LogP contribution in [0.25, 0.3) is 0 Å². The third kappa shape index (κ3) is 4.44. The number of aliphatic carboxylic acids is 1. The summed E-state index contributed by atoms with van der Waals surface area (Å²) >= 11 is 0. The van der Waals surface area contributed by atoms with Gasteiger partial charge in [-0.05, 0) is 42.9 Å². The molecule has 2 N–H and O–H groups in total. The summed E-state index contributed by atoms with van der Waals surface area (Å²) in [7, 11) is 0. The maximum Gasteiger partial charge on any atom is 0.317 e. The molecule has 21 heavy (non-hydrogen) atoms. The number of rotatable bonds is 4. The van der Waals surface area contributed by atoms with Gasteiger partial charge in [-0.2, -0.15) is 0 Å². The Hall–Kier alpha value is -2.11. The third-order valence-electron chi connectivity index (χ3n) is 3.93. The number of likely N-dealkylation sites (tertiary alicyclic amines) is 1. The van der Waals surface area contributed by atoms with Crippen LogP contribution in [0.1, 0.15) is 30.4 Å². The van der Waals surface area contributed by atoms with Crippen molar-refractivity contribution in [2.24, 2.45) is 5.92 Å². The van der Waals surface area contributed by atoms with Crippen molar-refractivity contribution < 1.29 is 14.7 Å². The molecule has 6 heteroatoms. The fourth-order valence-electron chi connectivity index (χ4n) is 2.57. The van der Waals surface area contributed by atoms with Crippen molar-refractivity contribution in [3.63, 3.8) is 0 Å². The lowest BCUT2D eigenvalue weighted by Crippen LogP contribution is -2.44. The zero-order valence-electron chi connectivity index (χ0n) is 12.2. The van der Waals surface area contributed by atoms with Crippen LogP contribution in [0.3, 0.4) is 0 Å². The quantitative estimate of drug-likeness (QED) is 0.886. The van der Waals surface area contributed by atoms with Gasteiger partial charge in [0.2, 0.25) is 0 Å². The van der Waals surface area contributed by atoms with Gasteiger partial charge < -0.3 is 15.3 Å². The molecule has 2 heterocycles. The summed E-state index contributed by atoms with van der Waals surface area (Å²) in [6.07, 6.45) is 5.21. The molecule has 114 valence electrons. The van der Waals surface area contributed by atoms with E-state index in [0.29, 0.717) is 19.6 Å². The van der Waals surface area contributed by atoms with E-state index in [0.717, 1.165) is 24.0 Å². The largest absolute Gasteiger partial charge is 0.481 e. The molecule has 1 aromatic heterocycles. The van der Waals surface area contributed by atoms with Gasteiger partial charge in [0.05, 0.1) is 0 Å². The fourth-order valence-corrected chi connectivity index (χ4v) is 2.57. The Morgan fingerprint density at radius 2 is 2.14 bits per heavy atom. The van der Waals surface area contributed by atoms with E-state index in [1.807, 2.05) is 13.0 Å². The molecule has 0 spiro atoms. The van der Waals surface area contributed by atoms with E-state index < -0.39 is 5.97 Å². The van der Waals surface area contributed by atoms with Crippen LogP contribution in [0.15, 0.2) is 18.5 Å². The number of aryl methyl sites for hydroxylation is 1. The van der Waals surface area contributed by atoms with E-state index in [4.69, 9.17) is 5.11 Å². The zero-order chi connectivity index (χ0) is 15.2. The van der Waals surface area contributed by atoms with Crippen molar-refractivity contribution in [3.05, 3.63) is 29.6 Å². The van der Waals surface area contributed by atoms with Crippen molar-refractivity contribution in [1.82, 2.24) is 15.2 Å². The first-order chi connectivity index (χ1) is 10.1. The lowest BCUT2D eigenvalue weighted by Gasteiger charge is -2.31. The molecule has 6 nitrogen and oxygen atoms in total. The van der Waals surface area contributed by atoms with Crippen LogP contribution >= 0.6 is 0 Å². The predicted molar refractivity (Wildman–Crippen MR) is 77.8 cm³/mol. The predicted octanol–water partition coefficient (Wildman–Crippen LogP) is 1.79. The maximum absolute atomic E-state index is 12.1. The monoisotopic (exact) mass is 291 g/mol. The Kier molecular flexibility index (Phi) is 5.14. The van der Waals surface area contributed by atoms with Crippen molar-refractivity contribution in [2.75, 3.05) is 13.1 Å². The second kappa shape index (κ2) is 7.06. The van der Waals surface area contributed by atoms with Crippen LogP contribution in [-0.2, 0) is 11.3 Å². The minimum Gasteiger partial charge on any atom is -0.481 e. The van der Waals surface area contributed by atoms with Gasteiger partial charge in [-0.25, -0.2) is 4.79 Å². The number of carbonyl (C=O) groups excluding carboxylic acids is 1. The molecule has 2 amide bonds.